The zero-order valence-corrected chi connectivity index (χ0v) is 10.2. The van der Waals surface area contributed by atoms with Crippen LogP contribution in [0, 0.1) is 5.92 Å². The molecule has 1 aromatic rings. The zero-order chi connectivity index (χ0) is 11.1. The van der Waals surface area contributed by atoms with Crippen LogP contribution in [0.3, 0.4) is 0 Å². The summed E-state index contributed by atoms with van der Waals surface area (Å²) in [6, 6.07) is 10.8. The molecule has 1 nitrogen and oxygen atoms in total. The highest BCUT2D eigenvalue weighted by Gasteiger charge is 2.20. The molecule has 0 atom stereocenters. The van der Waals surface area contributed by atoms with Gasteiger partial charge in [-0.05, 0) is 27.1 Å². The minimum Gasteiger partial charge on any atom is -0.312 e. The van der Waals surface area contributed by atoms with Crippen LogP contribution in [-0.4, -0.2) is 33.3 Å². The second kappa shape index (κ2) is 6.68. The Morgan fingerprint density at radius 1 is 1.13 bits per heavy atom. The van der Waals surface area contributed by atoms with E-state index in [1.807, 2.05) is 26.0 Å². The number of benzene rings is 1. The van der Waals surface area contributed by atoms with Crippen molar-refractivity contribution < 1.29 is 0 Å². The van der Waals surface area contributed by atoms with Crippen LogP contribution in [0.2, 0.25) is 6.32 Å². The second-order valence-corrected chi connectivity index (χ2v) is 4.81. The largest absolute Gasteiger partial charge is 0.312 e. The van der Waals surface area contributed by atoms with Crippen LogP contribution < -0.4 is 5.46 Å². The van der Waals surface area contributed by atoms with Gasteiger partial charge in [-0.15, -0.1) is 0 Å². The molecule has 0 spiro atoms. The minimum absolute atomic E-state index is 1.07. The van der Waals surface area contributed by atoms with E-state index in [-0.39, 0.29) is 0 Å². The highest BCUT2D eigenvalue weighted by molar-refractivity contribution is 6.53. The van der Waals surface area contributed by atoms with Gasteiger partial charge in [0.05, 0.1) is 0 Å². The van der Waals surface area contributed by atoms with Gasteiger partial charge in [0.25, 0.3) is 0 Å². The Kier molecular flexibility index (Phi) is 5.48. The van der Waals surface area contributed by atoms with Crippen LogP contribution in [0.15, 0.2) is 30.3 Å². The highest BCUT2D eigenvalue weighted by Crippen LogP contribution is 2.32. The summed E-state index contributed by atoms with van der Waals surface area (Å²) in [5.41, 5.74) is 1.50. The van der Waals surface area contributed by atoms with Gasteiger partial charge in [-0.2, -0.15) is 0 Å². The maximum Gasteiger partial charge on any atom is 0.157 e. The fraction of sp³-hybridized carbons (Fsp3) is 0.538. The molecule has 82 valence electrons. The van der Waals surface area contributed by atoms with E-state index in [1.165, 1.54) is 31.9 Å². The topological polar surface area (TPSA) is 3.24 Å². The normalized spacial score (nSPS) is 14.4. The summed E-state index contributed by atoms with van der Waals surface area (Å²) in [5.74, 6) is 1.07. The van der Waals surface area contributed by atoms with Crippen molar-refractivity contribution in [2.45, 2.75) is 19.2 Å². The first-order valence-electron chi connectivity index (χ1n) is 5.83. The molecule has 2 rings (SSSR count). The first-order valence-corrected chi connectivity index (χ1v) is 5.83. The first kappa shape index (κ1) is 12.3. The smallest absolute Gasteiger partial charge is 0.157 e. The van der Waals surface area contributed by atoms with Gasteiger partial charge >= 0.3 is 0 Å². The average Bonchev–Trinajstić information content (AvgIpc) is 2.99. The molecule has 0 amide bonds. The third kappa shape index (κ3) is 7.21. The van der Waals surface area contributed by atoms with Crippen molar-refractivity contribution in [2.24, 2.45) is 5.92 Å². The highest BCUT2D eigenvalue weighted by atomic mass is 15.0. The number of nitrogens with zero attached hydrogens (tertiary/aromatic N) is 1. The van der Waals surface area contributed by atoms with Crippen LogP contribution in [0.25, 0.3) is 0 Å². The van der Waals surface area contributed by atoms with E-state index in [4.69, 9.17) is 0 Å². The van der Waals surface area contributed by atoms with E-state index >= 15 is 0 Å². The molecule has 0 unspecified atom stereocenters. The van der Waals surface area contributed by atoms with E-state index < -0.39 is 0 Å². The van der Waals surface area contributed by atoms with Gasteiger partial charge in [-0.1, -0.05) is 55.0 Å². The molecule has 1 aromatic carbocycles. The molecule has 0 N–H and O–H groups in total. The van der Waals surface area contributed by atoms with Gasteiger partial charge in [-0.25, -0.2) is 0 Å². The molecule has 1 fully saturated rings. The standard InChI is InChI=1S/C10H13B.C3H9N/c1-2-4-10(5-3-1)11-8-9-6-7-9;1-4(2)3/h1-5,9,11H,6-8H2;1-3H3. The number of hydrogen-bond acceptors (Lipinski definition) is 1. The van der Waals surface area contributed by atoms with E-state index in [2.05, 4.69) is 30.3 Å². The third-order valence-corrected chi connectivity index (χ3v) is 2.38. The van der Waals surface area contributed by atoms with Gasteiger partial charge < -0.3 is 4.90 Å². The summed E-state index contributed by atoms with van der Waals surface area (Å²) in [5, 5.41) is 0. The summed E-state index contributed by atoms with van der Waals surface area (Å²) < 4.78 is 0. The molecule has 0 saturated heterocycles. The lowest BCUT2D eigenvalue weighted by Gasteiger charge is -1.95. The number of rotatable bonds is 3. The molecule has 1 aliphatic carbocycles. The Hall–Kier alpha value is -0.755. The Bertz CT molecular complexity index is 252. The van der Waals surface area contributed by atoms with Crippen molar-refractivity contribution in [3.05, 3.63) is 30.3 Å². The molecular weight excluding hydrogens is 181 g/mol. The zero-order valence-electron chi connectivity index (χ0n) is 10.2. The summed E-state index contributed by atoms with van der Waals surface area (Å²) in [6.45, 7) is 0. The van der Waals surface area contributed by atoms with E-state index in [0.717, 1.165) is 5.92 Å². The molecular formula is C13H22BN. The van der Waals surface area contributed by atoms with Crippen molar-refractivity contribution in [2.75, 3.05) is 21.1 Å². The van der Waals surface area contributed by atoms with Crippen molar-refractivity contribution in [1.82, 2.24) is 4.90 Å². The summed E-state index contributed by atoms with van der Waals surface area (Å²) >= 11 is 0. The molecule has 0 radical (unpaired) electrons. The predicted octanol–water partition coefficient (Wildman–Crippen LogP) is 1.75. The minimum atomic E-state index is 1.07. The fourth-order valence-corrected chi connectivity index (χ4v) is 1.42. The Balaban J connectivity index is 0.000000245. The van der Waals surface area contributed by atoms with Gasteiger partial charge in [0.15, 0.2) is 7.28 Å². The molecule has 1 aliphatic rings. The third-order valence-electron chi connectivity index (χ3n) is 2.38. The predicted molar refractivity (Wildman–Crippen MR) is 70.4 cm³/mol. The monoisotopic (exact) mass is 203 g/mol. The molecule has 2 heteroatoms. The van der Waals surface area contributed by atoms with Crippen LogP contribution >= 0.6 is 0 Å². The van der Waals surface area contributed by atoms with E-state index in [9.17, 15) is 0 Å². The first-order chi connectivity index (χ1) is 7.18. The van der Waals surface area contributed by atoms with Gasteiger partial charge in [0.1, 0.15) is 0 Å². The molecule has 0 aromatic heterocycles. The maximum absolute atomic E-state index is 2.22. The van der Waals surface area contributed by atoms with Crippen LogP contribution in [-0.2, 0) is 0 Å². The number of hydrogen-bond donors (Lipinski definition) is 0. The van der Waals surface area contributed by atoms with E-state index in [1.54, 1.807) is 0 Å². The van der Waals surface area contributed by atoms with Gasteiger partial charge in [0.2, 0.25) is 0 Å². The summed E-state index contributed by atoms with van der Waals surface area (Å²) in [4.78, 5) is 2.00. The van der Waals surface area contributed by atoms with Crippen LogP contribution in [0.5, 0.6) is 0 Å². The van der Waals surface area contributed by atoms with Crippen molar-refractivity contribution >= 4 is 12.7 Å². The van der Waals surface area contributed by atoms with E-state index in [0.29, 0.717) is 0 Å². The van der Waals surface area contributed by atoms with Crippen molar-refractivity contribution in [3.8, 4) is 0 Å². The van der Waals surface area contributed by atoms with Crippen LogP contribution in [0.4, 0.5) is 0 Å². The molecule has 0 aliphatic heterocycles. The molecule has 1 saturated carbocycles. The second-order valence-electron chi connectivity index (χ2n) is 4.81. The van der Waals surface area contributed by atoms with Crippen molar-refractivity contribution in [3.63, 3.8) is 0 Å². The maximum atomic E-state index is 2.22. The Morgan fingerprint density at radius 3 is 2.13 bits per heavy atom. The quantitative estimate of drug-likeness (QED) is 0.676. The van der Waals surface area contributed by atoms with Crippen molar-refractivity contribution in [1.29, 1.82) is 0 Å². The molecule has 0 heterocycles. The van der Waals surface area contributed by atoms with Gasteiger partial charge in [0, 0.05) is 0 Å². The Morgan fingerprint density at radius 2 is 1.67 bits per heavy atom. The average molecular weight is 203 g/mol. The van der Waals surface area contributed by atoms with Gasteiger partial charge in [-0.3, -0.25) is 0 Å². The SMILES string of the molecule is B(CC1CC1)c1ccccc1.CN(C)C. The summed E-state index contributed by atoms with van der Waals surface area (Å²) in [6.07, 6.45) is 4.36. The lowest BCUT2D eigenvalue weighted by molar-refractivity contribution is 0.505. The fourth-order valence-electron chi connectivity index (χ4n) is 1.42. The lowest BCUT2D eigenvalue weighted by atomic mass is 9.66. The summed E-state index contributed by atoms with van der Waals surface area (Å²) in [7, 11) is 7.28. The van der Waals surface area contributed by atoms with Crippen LogP contribution in [0.1, 0.15) is 12.8 Å². The molecule has 0 bridgehead atoms. The lowest BCUT2D eigenvalue weighted by Crippen LogP contribution is -2.12. The Labute approximate surface area is 94.7 Å². The molecule has 15 heavy (non-hydrogen) atoms.